The zero-order valence-electron chi connectivity index (χ0n) is 11.3. The van der Waals surface area contributed by atoms with Gasteiger partial charge < -0.3 is 9.84 Å². The number of aromatic hydroxyl groups is 1. The third-order valence-electron chi connectivity index (χ3n) is 2.96. The van der Waals surface area contributed by atoms with E-state index < -0.39 is 4.92 Å². The SMILES string of the molecule is COc1cc2c(Sc3ccc([N+](=O)[O-])s3)ccnc2cc1O. The van der Waals surface area contributed by atoms with E-state index >= 15 is 0 Å². The van der Waals surface area contributed by atoms with Gasteiger partial charge in [-0.05, 0) is 18.2 Å². The van der Waals surface area contributed by atoms with Crippen LogP contribution in [0.1, 0.15) is 0 Å². The molecule has 0 spiro atoms. The van der Waals surface area contributed by atoms with Crippen LogP contribution in [0.2, 0.25) is 0 Å². The van der Waals surface area contributed by atoms with Gasteiger partial charge in [0.25, 0.3) is 0 Å². The van der Waals surface area contributed by atoms with Crippen molar-refractivity contribution in [1.82, 2.24) is 4.98 Å². The standard InChI is InChI=1S/C14H10N2O4S2/c1-20-11-6-8-9(7-10(11)17)15-5-4-12(8)21-14-3-2-13(22-14)16(18)19/h2-7,17H,1H3. The smallest absolute Gasteiger partial charge is 0.325 e. The summed E-state index contributed by atoms with van der Waals surface area (Å²) in [7, 11) is 1.48. The third-order valence-corrected chi connectivity index (χ3v) is 5.20. The van der Waals surface area contributed by atoms with Crippen LogP contribution in [0.25, 0.3) is 10.9 Å². The van der Waals surface area contributed by atoms with Crippen molar-refractivity contribution in [2.45, 2.75) is 9.10 Å². The molecule has 0 unspecified atom stereocenters. The zero-order chi connectivity index (χ0) is 15.7. The molecule has 0 fully saturated rings. The Kier molecular flexibility index (Phi) is 3.86. The molecule has 2 heterocycles. The van der Waals surface area contributed by atoms with Crippen molar-refractivity contribution in [2.24, 2.45) is 0 Å². The minimum atomic E-state index is -0.402. The number of hydrogen-bond acceptors (Lipinski definition) is 7. The first-order chi connectivity index (χ1) is 10.6. The van der Waals surface area contributed by atoms with E-state index in [1.165, 1.54) is 31.0 Å². The highest BCUT2D eigenvalue weighted by molar-refractivity contribution is 8.01. The fourth-order valence-corrected chi connectivity index (χ4v) is 3.96. The molecule has 2 aromatic heterocycles. The van der Waals surface area contributed by atoms with Gasteiger partial charge in [0.15, 0.2) is 11.5 Å². The molecule has 0 aliphatic heterocycles. The Morgan fingerprint density at radius 2 is 2.18 bits per heavy atom. The van der Waals surface area contributed by atoms with E-state index in [0.717, 1.165) is 25.8 Å². The van der Waals surface area contributed by atoms with Crippen LogP contribution in [-0.2, 0) is 0 Å². The molecule has 0 atom stereocenters. The van der Waals surface area contributed by atoms with Gasteiger partial charge in [0, 0.05) is 28.6 Å². The molecule has 0 aliphatic rings. The molecule has 3 rings (SSSR count). The molecular weight excluding hydrogens is 324 g/mol. The molecule has 6 nitrogen and oxygen atoms in total. The monoisotopic (exact) mass is 334 g/mol. The number of methoxy groups -OCH3 is 1. The lowest BCUT2D eigenvalue weighted by atomic mass is 10.2. The lowest BCUT2D eigenvalue weighted by Crippen LogP contribution is -1.87. The van der Waals surface area contributed by atoms with Crippen molar-refractivity contribution < 1.29 is 14.8 Å². The molecule has 22 heavy (non-hydrogen) atoms. The molecule has 0 bridgehead atoms. The van der Waals surface area contributed by atoms with Crippen LogP contribution in [0.4, 0.5) is 5.00 Å². The molecule has 1 N–H and O–H groups in total. The average Bonchev–Trinajstić information content (AvgIpc) is 2.95. The Hall–Kier alpha value is -2.32. The van der Waals surface area contributed by atoms with E-state index in [-0.39, 0.29) is 10.8 Å². The van der Waals surface area contributed by atoms with Crippen LogP contribution in [0, 0.1) is 10.1 Å². The lowest BCUT2D eigenvalue weighted by molar-refractivity contribution is -0.380. The van der Waals surface area contributed by atoms with E-state index in [4.69, 9.17) is 4.74 Å². The number of aromatic nitrogens is 1. The summed E-state index contributed by atoms with van der Waals surface area (Å²) >= 11 is 2.54. The first-order valence-corrected chi connectivity index (χ1v) is 7.79. The van der Waals surface area contributed by atoms with Gasteiger partial charge in [-0.25, -0.2) is 0 Å². The highest BCUT2D eigenvalue weighted by Gasteiger charge is 2.13. The second-order valence-corrected chi connectivity index (χ2v) is 6.71. The number of phenolic OH excluding ortho intramolecular Hbond substituents is 1. The number of ether oxygens (including phenoxy) is 1. The molecule has 0 aliphatic carbocycles. The summed E-state index contributed by atoms with van der Waals surface area (Å²) in [5.74, 6) is 0.385. The summed E-state index contributed by atoms with van der Waals surface area (Å²) in [6.07, 6.45) is 1.64. The highest BCUT2D eigenvalue weighted by atomic mass is 32.2. The molecular formula is C14H10N2O4S2. The number of nitrogens with zero attached hydrogens (tertiary/aromatic N) is 2. The van der Waals surface area contributed by atoms with Crippen molar-refractivity contribution in [2.75, 3.05) is 7.11 Å². The summed E-state index contributed by atoms with van der Waals surface area (Å²) in [4.78, 5) is 15.5. The first kappa shape index (κ1) is 14.6. The van der Waals surface area contributed by atoms with Crippen LogP contribution in [-0.4, -0.2) is 22.1 Å². The normalized spacial score (nSPS) is 10.8. The Morgan fingerprint density at radius 3 is 2.86 bits per heavy atom. The van der Waals surface area contributed by atoms with Crippen LogP contribution < -0.4 is 4.74 Å². The van der Waals surface area contributed by atoms with E-state index in [2.05, 4.69) is 4.98 Å². The number of phenols is 1. The molecule has 8 heteroatoms. The number of fused-ring (bicyclic) bond motifs is 1. The predicted octanol–water partition coefficient (Wildman–Crippen LogP) is 4.07. The molecule has 0 saturated carbocycles. The number of pyridine rings is 1. The number of benzene rings is 1. The van der Waals surface area contributed by atoms with Crippen LogP contribution in [0.3, 0.4) is 0 Å². The molecule has 0 amide bonds. The predicted molar refractivity (Wildman–Crippen MR) is 85.1 cm³/mol. The number of nitro groups is 1. The summed E-state index contributed by atoms with van der Waals surface area (Å²) in [6.45, 7) is 0. The minimum absolute atomic E-state index is 0.0245. The van der Waals surface area contributed by atoms with Gasteiger partial charge in [-0.3, -0.25) is 15.1 Å². The van der Waals surface area contributed by atoms with E-state index in [1.54, 1.807) is 18.3 Å². The van der Waals surface area contributed by atoms with E-state index in [0.29, 0.717) is 11.3 Å². The quantitative estimate of drug-likeness (QED) is 0.572. The van der Waals surface area contributed by atoms with Crippen LogP contribution >= 0.6 is 23.1 Å². The van der Waals surface area contributed by atoms with Crippen molar-refractivity contribution >= 4 is 39.0 Å². The maximum Gasteiger partial charge on any atom is 0.325 e. The second-order valence-electron chi connectivity index (χ2n) is 4.30. The Labute approximate surface area is 133 Å². The minimum Gasteiger partial charge on any atom is -0.504 e. The van der Waals surface area contributed by atoms with Gasteiger partial charge in [0.05, 0.1) is 21.8 Å². The maximum absolute atomic E-state index is 10.8. The van der Waals surface area contributed by atoms with Gasteiger partial charge in [0.1, 0.15) is 0 Å². The van der Waals surface area contributed by atoms with Crippen LogP contribution in [0.15, 0.2) is 45.6 Å². The topological polar surface area (TPSA) is 85.5 Å². The zero-order valence-corrected chi connectivity index (χ0v) is 13.0. The lowest BCUT2D eigenvalue weighted by Gasteiger charge is -2.08. The number of rotatable bonds is 4. The Bertz CT molecular complexity index is 863. The molecule has 0 radical (unpaired) electrons. The molecule has 3 aromatic rings. The fraction of sp³-hybridized carbons (Fsp3) is 0.0714. The van der Waals surface area contributed by atoms with Gasteiger partial charge in [-0.2, -0.15) is 0 Å². The van der Waals surface area contributed by atoms with Crippen molar-refractivity contribution in [3.63, 3.8) is 0 Å². The summed E-state index contributed by atoms with van der Waals surface area (Å²) in [5.41, 5.74) is 0.634. The van der Waals surface area contributed by atoms with E-state index in [9.17, 15) is 15.2 Å². The van der Waals surface area contributed by atoms with Gasteiger partial charge in [-0.15, -0.1) is 0 Å². The first-order valence-electron chi connectivity index (χ1n) is 6.16. The average molecular weight is 334 g/mol. The van der Waals surface area contributed by atoms with Crippen molar-refractivity contribution in [3.05, 3.63) is 46.6 Å². The fourth-order valence-electron chi connectivity index (χ4n) is 1.96. The van der Waals surface area contributed by atoms with Crippen molar-refractivity contribution in [1.29, 1.82) is 0 Å². The molecule has 1 aromatic carbocycles. The largest absolute Gasteiger partial charge is 0.504 e. The van der Waals surface area contributed by atoms with Crippen molar-refractivity contribution in [3.8, 4) is 11.5 Å². The summed E-state index contributed by atoms with van der Waals surface area (Å²) in [5, 5.41) is 21.5. The molecule has 0 saturated heterocycles. The highest BCUT2D eigenvalue weighted by Crippen LogP contribution is 2.41. The van der Waals surface area contributed by atoms with Gasteiger partial charge in [0.2, 0.25) is 0 Å². The Morgan fingerprint density at radius 1 is 1.36 bits per heavy atom. The summed E-state index contributed by atoms with van der Waals surface area (Å²) in [6, 6.07) is 8.28. The maximum atomic E-state index is 10.8. The van der Waals surface area contributed by atoms with E-state index in [1.807, 2.05) is 6.07 Å². The third kappa shape index (κ3) is 2.70. The second kappa shape index (κ2) is 5.82. The number of thiophene rings is 1. The Balaban J connectivity index is 2.04. The number of hydrogen-bond donors (Lipinski definition) is 1. The molecule has 112 valence electrons. The summed E-state index contributed by atoms with van der Waals surface area (Å²) < 4.78 is 5.93. The van der Waals surface area contributed by atoms with Gasteiger partial charge in [-0.1, -0.05) is 23.1 Å². The van der Waals surface area contributed by atoms with Crippen LogP contribution in [0.5, 0.6) is 11.5 Å². The van der Waals surface area contributed by atoms with Gasteiger partial charge >= 0.3 is 5.00 Å².